The van der Waals surface area contributed by atoms with Crippen molar-refractivity contribution in [3.8, 4) is 11.5 Å². The number of aliphatic hydroxyl groups excluding tert-OH is 1. The topological polar surface area (TPSA) is 71.0 Å². The molecular formula is C27H33ClN2O4. The van der Waals surface area contributed by atoms with Crippen LogP contribution in [-0.4, -0.2) is 66.8 Å². The molecule has 182 valence electrons. The number of carbonyl (C=O) groups excluding carboxylic acids is 1. The normalized spacial score (nSPS) is 22.4. The number of nitrogens with zero attached hydrogens (tertiary/aromatic N) is 1. The number of piperidine rings is 1. The number of halogens is 1. The Hall–Kier alpha value is -2.12. The van der Waals surface area contributed by atoms with Crippen molar-refractivity contribution in [2.45, 2.75) is 43.8 Å². The number of ketones is 1. The number of hydrogen-bond donors (Lipinski definition) is 2. The van der Waals surface area contributed by atoms with Crippen LogP contribution in [0.4, 0.5) is 0 Å². The van der Waals surface area contributed by atoms with E-state index in [4.69, 9.17) is 21.1 Å². The summed E-state index contributed by atoms with van der Waals surface area (Å²) in [6.45, 7) is 4.31. The molecule has 2 saturated heterocycles. The molecule has 0 aromatic heterocycles. The van der Waals surface area contributed by atoms with Crippen LogP contribution < -0.4 is 14.8 Å². The number of ether oxygens (including phenoxy) is 2. The molecule has 1 spiro atoms. The maximum atomic E-state index is 12.8. The van der Waals surface area contributed by atoms with Crippen LogP contribution in [0.25, 0.3) is 0 Å². The number of fused-ring (bicyclic) bond motifs is 1. The SMILES string of the molecule is O=C(CC1CCNC1)c1ccccc1OC[C@H](O)CN1CCC2(CC1)Cc1cc(Cl)ccc1O2. The third kappa shape index (κ3) is 5.41. The van der Waals surface area contributed by atoms with Gasteiger partial charge in [-0.2, -0.15) is 0 Å². The second-order valence-corrected chi connectivity index (χ2v) is 10.4. The standard InChI is InChI=1S/C27H33ClN2O4/c28-21-5-6-25-20(14-21)15-27(34-25)8-11-30(12-9-27)17-22(31)18-33-26-4-2-1-3-23(26)24(32)13-19-7-10-29-16-19/h1-6,14,19,22,29,31H,7-13,15-18H2/t19?,22-/m1/s1. The molecule has 5 rings (SSSR count). The van der Waals surface area contributed by atoms with Crippen molar-refractivity contribution < 1.29 is 19.4 Å². The third-order valence-electron chi connectivity index (χ3n) is 7.35. The van der Waals surface area contributed by atoms with E-state index in [9.17, 15) is 9.90 Å². The molecule has 2 aromatic carbocycles. The minimum atomic E-state index is -0.628. The van der Waals surface area contributed by atoms with Crippen molar-refractivity contribution in [1.29, 1.82) is 0 Å². The maximum Gasteiger partial charge on any atom is 0.166 e. The molecule has 2 fully saturated rings. The molecule has 0 bridgehead atoms. The summed E-state index contributed by atoms with van der Waals surface area (Å²) >= 11 is 6.15. The summed E-state index contributed by atoms with van der Waals surface area (Å²) in [5.41, 5.74) is 1.64. The van der Waals surface area contributed by atoms with Gasteiger partial charge in [0.05, 0.1) is 5.56 Å². The molecule has 3 aliphatic heterocycles. The Morgan fingerprint density at radius 2 is 2.09 bits per heavy atom. The Balaban J connectivity index is 1.10. The van der Waals surface area contributed by atoms with Gasteiger partial charge in [0.15, 0.2) is 5.78 Å². The zero-order valence-electron chi connectivity index (χ0n) is 19.5. The van der Waals surface area contributed by atoms with Crippen molar-refractivity contribution in [3.63, 3.8) is 0 Å². The number of aliphatic hydroxyl groups is 1. The number of Topliss-reactive ketones (excluding diaryl/α,β-unsaturated/α-hetero) is 1. The summed E-state index contributed by atoms with van der Waals surface area (Å²) in [5.74, 6) is 2.01. The monoisotopic (exact) mass is 484 g/mol. The molecule has 2 N–H and O–H groups in total. The molecular weight excluding hydrogens is 452 g/mol. The molecule has 7 heteroatoms. The molecule has 34 heavy (non-hydrogen) atoms. The number of hydrogen-bond acceptors (Lipinski definition) is 6. The Labute approximate surface area is 206 Å². The second-order valence-electron chi connectivity index (χ2n) is 9.96. The maximum absolute atomic E-state index is 12.8. The number of rotatable bonds is 8. The van der Waals surface area contributed by atoms with E-state index in [1.165, 1.54) is 5.56 Å². The lowest BCUT2D eigenvalue weighted by Crippen LogP contribution is -2.49. The predicted octanol–water partition coefficient (Wildman–Crippen LogP) is 3.73. The van der Waals surface area contributed by atoms with Crippen molar-refractivity contribution in [2.75, 3.05) is 39.3 Å². The highest BCUT2D eigenvalue weighted by molar-refractivity contribution is 6.30. The van der Waals surface area contributed by atoms with Gasteiger partial charge in [-0.05, 0) is 61.3 Å². The summed E-state index contributed by atoms with van der Waals surface area (Å²) in [6.07, 6.45) is 3.67. The van der Waals surface area contributed by atoms with Crippen LogP contribution in [0, 0.1) is 5.92 Å². The zero-order valence-corrected chi connectivity index (χ0v) is 20.2. The van der Waals surface area contributed by atoms with Gasteiger partial charge in [0, 0.05) is 50.3 Å². The van der Waals surface area contributed by atoms with Crippen molar-refractivity contribution >= 4 is 17.4 Å². The van der Waals surface area contributed by atoms with E-state index >= 15 is 0 Å². The summed E-state index contributed by atoms with van der Waals surface area (Å²) < 4.78 is 12.2. The van der Waals surface area contributed by atoms with Gasteiger partial charge in [-0.3, -0.25) is 4.79 Å². The largest absolute Gasteiger partial charge is 0.490 e. The number of likely N-dealkylation sites (tertiary alicyclic amines) is 1. The fraction of sp³-hybridized carbons (Fsp3) is 0.519. The van der Waals surface area contributed by atoms with Crippen LogP contribution >= 0.6 is 11.6 Å². The minimum absolute atomic E-state index is 0.110. The number of para-hydroxylation sites is 1. The van der Waals surface area contributed by atoms with Crippen LogP contribution in [0.3, 0.4) is 0 Å². The Morgan fingerprint density at radius 3 is 2.88 bits per heavy atom. The van der Waals surface area contributed by atoms with Gasteiger partial charge in [0.25, 0.3) is 0 Å². The quantitative estimate of drug-likeness (QED) is 0.556. The van der Waals surface area contributed by atoms with Gasteiger partial charge < -0.3 is 24.8 Å². The van der Waals surface area contributed by atoms with Gasteiger partial charge in [-0.15, -0.1) is 0 Å². The molecule has 3 heterocycles. The predicted molar refractivity (Wildman–Crippen MR) is 132 cm³/mol. The van der Waals surface area contributed by atoms with Crippen molar-refractivity contribution in [1.82, 2.24) is 10.2 Å². The second kappa shape index (κ2) is 10.2. The molecule has 0 radical (unpaired) electrons. The Bertz CT molecular complexity index is 1020. The van der Waals surface area contributed by atoms with E-state index in [0.717, 1.165) is 62.6 Å². The van der Waals surface area contributed by atoms with E-state index in [-0.39, 0.29) is 18.0 Å². The fourth-order valence-electron chi connectivity index (χ4n) is 5.44. The van der Waals surface area contributed by atoms with Crippen molar-refractivity contribution in [3.05, 3.63) is 58.6 Å². The minimum Gasteiger partial charge on any atom is -0.490 e. The van der Waals surface area contributed by atoms with Crippen LogP contribution in [0.5, 0.6) is 11.5 Å². The van der Waals surface area contributed by atoms with E-state index in [1.807, 2.05) is 42.5 Å². The molecule has 3 aliphatic rings. The van der Waals surface area contributed by atoms with Crippen LogP contribution in [0.1, 0.15) is 41.6 Å². The Morgan fingerprint density at radius 1 is 1.26 bits per heavy atom. The van der Waals surface area contributed by atoms with Crippen molar-refractivity contribution in [2.24, 2.45) is 5.92 Å². The summed E-state index contributed by atoms with van der Waals surface area (Å²) in [4.78, 5) is 15.1. The van der Waals surface area contributed by atoms with E-state index in [2.05, 4.69) is 10.2 Å². The fourth-order valence-corrected chi connectivity index (χ4v) is 5.64. The molecule has 6 nitrogen and oxygen atoms in total. The van der Waals surface area contributed by atoms with E-state index in [0.29, 0.717) is 30.2 Å². The third-order valence-corrected chi connectivity index (χ3v) is 7.59. The zero-order chi connectivity index (χ0) is 23.5. The summed E-state index contributed by atoms with van der Waals surface area (Å²) in [5, 5.41) is 14.7. The van der Waals surface area contributed by atoms with Gasteiger partial charge in [0.1, 0.15) is 29.8 Å². The smallest absolute Gasteiger partial charge is 0.166 e. The lowest BCUT2D eigenvalue weighted by atomic mass is 9.87. The van der Waals surface area contributed by atoms with Gasteiger partial charge in [-0.1, -0.05) is 23.7 Å². The first kappa shape index (κ1) is 23.6. The Kier molecular flexibility index (Phi) is 7.11. The lowest BCUT2D eigenvalue weighted by Gasteiger charge is -2.39. The highest BCUT2D eigenvalue weighted by atomic mass is 35.5. The number of carbonyl (C=O) groups is 1. The summed E-state index contributed by atoms with van der Waals surface area (Å²) in [7, 11) is 0. The van der Waals surface area contributed by atoms with Crippen LogP contribution in [0.15, 0.2) is 42.5 Å². The first-order chi connectivity index (χ1) is 16.5. The average molecular weight is 485 g/mol. The summed E-state index contributed by atoms with van der Waals surface area (Å²) in [6, 6.07) is 13.2. The number of benzene rings is 2. The highest BCUT2D eigenvalue weighted by Crippen LogP contribution is 2.42. The first-order valence-corrected chi connectivity index (χ1v) is 12.7. The first-order valence-electron chi connectivity index (χ1n) is 12.3. The molecule has 2 aromatic rings. The van der Waals surface area contributed by atoms with Gasteiger partial charge in [-0.25, -0.2) is 0 Å². The average Bonchev–Trinajstić information content (AvgIpc) is 3.47. The highest BCUT2D eigenvalue weighted by Gasteiger charge is 2.42. The number of β-amino-alcohol motifs (C(OH)–C–C–N with tert-alkyl or cyclic N) is 1. The van der Waals surface area contributed by atoms with Crippen LogP contribution in [0.2, 0.25) is 5.02 Å². The molecule has 2 atom stereocenters. The molecule has 1 unspecified atom stereocenters. The number of nitrogens with one attached hydrogen (secondary N) is 1. The van der Waals surface area contributed by atoms with Crippen LogP contribution in [-0.2, 0) is 6.42 Å². The molecule has 0 saturated carbocycles. The molecule has 0 amide bonds. The van der Waals surface area contributed by atoms with E-state index < -0.39 is 6.10 Å². The van der Waals surface area contributed by atoms with E-state index in [1.54, 1.807) is 0 Å². The van der Waals surface area contributed by atoms with Gasteiger partial charge in [0.2, 0.25) is 0 Å². The molecule has 0 aliphatic carbocycles. The lowest BCUT2D eigenvalue weighted by molar-refractivity contribution is -0.00199. The van der Waals surface area contributed by atoms with Gasteiger partial charge >= 0.3 is 0 Å².